The molecule has 2 aromatic heterocycles. The van der Waals surface area contributed by atoms with Crippen LogP contribution in [-0.4, -0.2) is 47.8 Å². The summed E-state index contributed by atoms with van der Waals surface area (Å²) >= 11 is 0. The molecule has 302 valence electrons. The van der Waals surface area contributed by atoms with Crippen LogP contribution in [0.2, 0.25) is 0 Å². The molecule has 0 saturated heterocycles. The largest absolute Gasteiger partial charge is 0.497 e. The van der Waals surface area contributed by atoms with Crippen molar-refractivity contribution in [2.24, 2.45) is 0 Å². The van der Waals surface area contributed by atoms with Crippen molar-refractivity contribution in [2.45, 2.75) is 34.2 Å². The van der Waals surface area contributed by atoms with Gasteiger partial charge in [-0.3, -0.25) is 0 Å². The Morgan fingerprint density at radius 2 is 1.13 bits per heavy atom. The Balaban J connectivity index is 0.000000224. The number of nitrogens with zero attached hydrogens (tertiary/aromatic N) is 3. The number of hydrogen-bond donors (Lipinski definition) is 0. The fourth-order valence-electron chi connectivity index (χ4n) is 5.69. The third kappa shape index (κ3) is 12.2. The Hall–Kier alpha value is -7.69. The lowest BCUT2D eigenvalue weighted by molar-refractivity contribution is 0.152. The Labute approximate surface area is 350 Å². The van der Waals surface area contributed by atoms with Gasteiger partial charge in [0.1, 0.15) is 47.7 Å². The first-order chi connectivity index (χ1) is 29.3. The van der Waals surface area contributed by atoms with Gasteiger partial charge in [0.2, 0.25) is 11.8 Å². The van der Waals surface area contributed by atoms with Crippen LogP contribution in [0.1, 0.15) is 41.0 Å². The van der Waals surface area contributed by atoms with E-state index >= 15 is 0 Å². The average molecular weight is 800 g/mol. The zero-order chi connectivity index (χ0) is 42.1. The van der Waals surface area contributed by atoms with E-state index in [1.54, 1.807) is 36.3 Å². The first-order valence-corrected chi connectivity index (χ1v) is 19.3. The Kier molecular flexibility index (Phi) is 14.8. The van der Waals surface area contributed by atoms with E-state index in [9.17, 15) is 4.79 Å². The molecule has 1 amide bonds. The number of hydrogen-bond acceptors (Lipinski definition) is 9. The molecule has 0 spiro atoms. The molecular formula is C50H45N3O7. The molecule has 0 unspecified atom stereocenters. The van der Waals surface area contributed by atoms with Gasteiger partial charge in [0.25, 0.3) is 0 Å². The number of carbonyl (C=O) groups is 1. The summed E-state index contributed by atoms with van der Waals surface area (Å²) in [7, 11) is 1.59. The summed E-state index contributed by atoms with van der Waals surface area (Å²) in [5, 5.41) is 0. The maximum absolute atomic E-state index is 12.7. The highest BCUT2D eigenvalue weighted by molar-refractivity contribution is 5.70. The molecule has 0 radical (unpaired) electrons. The van der Waals surface area contributed by atoms with E-state index in [-0.39, 0.29) is 6.61 Å². The van der Waals surface area contributed by atoms with Crippen LogP contribution in [0.3, 0.4) is 0 Å². The van der Waals surface area contributed by atoms with Gasteiger partial charge in [-0.05, 0) is 123 Å². The van der Waals surface area contributed by atoms with Crippen molar-refractivity contribution < 1.29 is 32.6 Å². The van der Waals surface area contributed by atoms with E-state index < -0.39 is 6.09 Å². The van der Waals surface area contributed by atoms with Crippen molar-refractivity contribution in [3.8, 4) is 69.6 Å². The number of benzene rings is 5. The van der Waals surface area contributed by atoms with Gasteiger partial charge < -0.3 is 32.7 Å². The van der Waals surface area contributed by atoms with E-state index in [0.717, 1.165) is 28.0 Å². The second-order valence-corrected chi connectivity index (χ2v) is 13.3. The highest BCUT2D eigenvalue weighted by Gasteiger charge is 2.16. The van der Waals surface area contributed by atoms with Crippen molar-refractivity contribution in [3.63, 3.8) is 0 Å². The lowest BCUT2D eigenvalue weighted by Gasteiger charge is -2.20. The lowest BCUT2D eigenvalue weighted by Crippen LogP contribution is -2.32. The number of rotatable bonds is 11. The molecule has 0 aliphatic heterocycles. The molecule has 10 nitrogen and oxygen atoms in total. The molecule has 0 aliphatic carbocycles. The monoisotopic (exact) mass is 799 g/mol. The first-order valence-electron chi connectivity index (χ1n) is 19.3. The van der Waals surface area contributed by atoms with E-state index in [2.05, 4.69) is 33.6 Å². The normalized spacial score (nSPS) is 10.2. The third-order valence-corrected chi connectivity index (χ3v) is 8.84. The molecule has 0 aliphatic rings. The Morgan fingerprint density at radius 1 is 0.617 bits per heavy atom. The van der Waals surface area contributed by atoms with Gasteiger partial charge >= 0.3 is 6.09 Å². The zero-order valence-corrected chi connectivity index (χ0v) is 34.2. The van der Waals surface area contributed by atoms with Crippen LogP contribution < -0.4 is 18.9 Å². The molecule has 2 heterocycles. The number of carbonyl (C=O) groups excluding carboxylic acids is 1. The first kappa shape index (κ1) is 41.9. The van der Waals surface area contributed by atoms with Gasteiger partial charge in [0, 0.05) is 24.2 Å². The van der Waals surface area contributed by atoms with Gasteiger partial charge in [0.15, 0.2) is 11.4 Å². The molecule has 7 rings (SSSR count). The van der Waals surface area contributed by atoms with Gasteiger partial charge in [-0.1, -0.05) is 72.5 Å². The number of methoxy groups -OCH3 is 1. The molecule has 0 fully saturated rings. The van der Waals surface area contributed by atoms with Crippen molar-refractivity contribution in [2.75, 3.05) is 26.9 Å². The van der Waals surface area contributed by atoms with Crippen molar-refractivity contribution in [1.82, 2.24) is 14.9 Å². The summed E-state index contributed by atoms with van der Waals surface area (Å²) in [4.78, 5) is 23.2. The minimum atomic E-state index is -0.428. The smallest absolute Gasteiger partial charge is 0.415 e. The predicted octanol–water partition coefficient (Wildman–Crippen LogP) is 10.5. The lowest BCUT2D eigenvalue weighted by atomic mass is 10.2. The molecule has 5 aromatic carbocycles. The maximum atomic E-state index is 12.7. The number of amides is 1. The predicted molar refractivity (Wildman–Crippen MR) is 231 cm³/mol. The number of oxazole rings is 2. The van der Waals surface area contributed by atoms with E-state index in [1.165, 1.54) is 0 Å². The Bertz CT molecular complexity index is 2590. The van der Waals surface area contributed by atoms with Crippen LogP contribution in [0.25, 0.3) is 22.9 Å². The van der Waals surface area contributed by atoms with E-state index in [0.29, 0.717) is 71.6 Å². The van der Waals surface area contributed by atoms with Gasteiger partial charge in [0.05, 0.1) is 7.11 Å². The molecule has 0 bridgehead atoms. The molecule has 10 heteroatoms. The van der Waals surface area contributed by atoms with Crippen molar-refractivity contribution in [1.29, 1.82) is 0 Å². The van der Waals surface area contributed by atoms with E-state index in [4.69, 9.17) is 27.8 Å². The molecule has 0 atom stereocenters. The van der Waals surface area contributed by atoms with Crippen molar-refractivity contribution >= 4 is 6.09 Å². The molecule has 0 saturated carbocycles. The second-order valence-electron chi connectivity index (χ2n) is 13.3. The molecule has 7 aromatic rings. The van der Waals surface area contributed by atoms with Crippen LogP contribution in [0.4, 0.5) is 4.79 Å². The summed E-state index contributed by atoms with van der Waals surface area (Å²) in [6.07, 6.45) is -0.428. The summed E-state index contributed by atoms with van der Waals surface area (Å²) in [6, 6.07) is 41.8. The number of aryl methyl sites for hydroxylation is 3. The summed E-state index contributed by atoms with van der Waals surface area (Å²) < 4.78 is 33.5. The number of aromatic nitrogens is 2. The molecule has 0 N–H and O–H groups in total. The van der Waals surface area contributed by atoms with Crippen LogP contribution in [0.5, 0.6) is 23.0 Å². The minimum absolute atomic E-state index is 0.188. The highest BCUT2D eigenvalue weighted by Crippen LogP contribution is 2.23. The van der Waals surface area contributed by atoms with Crippen LogP contribution >= 0.6 is 0 Å². The molecule has 60 heavy (non-hydrogen) atoms. The van der Waals surface area contributed by atoms with Gasteiger partial charge in [-0.2, -0.15) is 0 Å². The van der Waals surface area contributed by atoms with Crippen LogP contribution in [0.15, 0.2) is 142 Å². The summed E-state index contributed by atoms with van der Waals surface area (Å²) in [6.45, 7) is 9.02. The van der Waals surface area contributed by atoms with Gasteiger partial charge in [-0.15, -0.1) is 0 Å². The maximum Gasteiger partial charge on any atom is 0.415 e. The summed E-state index contributed by atoms with van der Waals surface area (Å²) in [5.74, 6) is 17.1. The van der Waals surface area contributed by atoms with E-state index in [1.807, 2.05) is 137 Å². The third-order valence-electron chi connectivity index (χ3n) is 8.84. The van der Waals surface area contributed by atoms with Crippen LogP contribution in [-0.2, 0) is 6.54 Å². The fourth-order valence-corrected chi connectivity index (χ4v) is 5.69. The molecular weight excluding hydrogens is 755 g/mol. The Morgan fingerprint density at radius 3 is 1.65 bits per heavy atom. The SMILES string of the molecule is CCN(Cc1cccc(OCC#Cc2nc(-c3ccccc3)oc2C)c1)C(=O)Oc1ccc(OC)cc1.Cc1cccc(OCC#Cc2nc(-c3ccccc3)oc2C)c1. The quantitative estimate of drug-likeness (QED) is 0.118. The number of ether oxygens (including phenoxy) is 4. The highest BCUT2D eigenvalue weighted by atomic mass is 16.6. The van der Waals surface area contributed by atoms with Crippen molar-refractivity contribution in [3.05, 3.63) is 167 Å². The standard InChI is InChI=1S/C30H28N2O5.C20H17NO2/c1-4-32(30(33)37-26-17-15-25(34-3)16-18-26)21-23-10-8-13-27(20-23)35-19-9-14-28-22(2)36-29(31-28)24-11-6-5-7-12-24;1-15-8-6-11-18(14-15)22-13-7-12-19-16(2)23-20(21-19)17-9-4-3-5-10-17/h5-8,10-13,15-18,20H,4,19,21H2,1-3H3;3-6,8-11,14H,13H2,1-2H3. The minimum Gasteiger partial charge on any atom is -0.497 e. The van der Waals surface area contributed by atoms with Crippen LogP contribution in [0, 0.1) is 44.5 Å². The topological polar surface area (TPSA) is 109 Å². The van der Waals surface area contributed by atoms with Gasteiger partial charge in [-0.25, -0.2) is 14.8 Å². The second kappa shape index (κ2) is 21.2. The average Bonchev–Trinajstić information content (AvgIpc) is 3.85. The summed E-state index contributed by atoms with van der Waals surface area (Å²) in [5.41, 5.74) is 5.16. The zero-order valence-electron chi connectivity index (χ0n) is 34.2. The fraction of sp³-hybridized carbons (Fsp3) is 0.180.